The van der Waals surface area contributed by atoms with Crippen LogP contribution in [0.3, 0.4) is 0 Å². The third-order valence-corrected chi connectivity index (χ3v) is 2.65. The van der Waals surface area contributed by atoms with Gasteiger partial charge in [0.05, 0.1) is 16.6 Å². The van der Waals surface area contributed by atoms with Crippen LogP contribution in [0.1, 0.15) is 15.4 Å². The van der Waals surface area contributed by atoms with E-state index < -0.39 is 5.97 Å². The molecule has 0 saturated carbocycles. The second-order valence-corrected chi connectivity index (χ2v) is 3.85. The van der Waals surface area contributed by atoms with E-state index in [4.69, 9.17) is 9.84 Å². The van der Waals surface area contributed by atoms with E-state index in [1.165, 1.54) is 16.8 Å². The Balaban J connectivity index is 2.05. The van der Waals surface area contributed by atoms with Crippen LogP contribution in [0.2, 0.25) is 0 Å². The quantitative estimate of drug-likeness (QED) is 0.876. The van der Waals surface area contributed by atoms with E-state index in [2.05, 4.69) is 9.97 Å². The van der Waals surface area contributed by atoms with Gasteiger partial charge in [0.25, 0.3) is 0 Å². The van der Waals surface area contributed by atoms with Crippen molar-refractivity contribution >= 4 is 17.3 Å². The molecule has 0 spiro atoms. The zero-order chi connectivity index (χ0) is 11.4. The zero-order valence-corrected chi connectivity index (χ0v) is 8.98. The van der Waals surface area contributed by atoms with Crippen LogP contribution in [-0.4, -0.2) is 21.0 Å². The molecule has 0 aromatic carbocycles. The van der Waals surface area contributed by atoms with E-state index in [9.17, 15) is 4.79 Å². The summed E-state index contributed by atoms with van der Waals surface area (Å²) in [5, 5.41) is 8.83. The summed E-state index contributed by atoms with van der Waals surface area (Å²) in [5.41, 5.74) is 1.54. The lowest BCUT2D eigenvalue weighted by atomic mass is 10.4. The first-order chi connectivity index (χ1) is 7.77. The van der Waals surface area contributed by atoms with Crippen molar-refractivity contribution in [1.82, 2.24) is 9.97 Å². The van der Waals surface area contributed by atoms with Gasteiger partial charge in [0.1, 0.15) is 12.4 Å². The Labute approximate surface area is 95.4 Å². The highest BCUT2D eigenvalue weighted by Crippen LogP contribution is 2.16. The van der Waals surface area contributed by atoms with Crippen LogP contribution in [0.4, 0.5) is 0 Å². The van der Waals surface area contributed by atoms with Crippen molar-refractivity contribution in [1.29, 1.82) is 0 Å². The molecular weight excluding hydrogens is 228 g/mol. The molecule has 2 rings (SSSR count). The summed E-state index contributed by atoms with van der Waals surface area (Å²) in [6, 6.07) is 3.51. The molecular formula is C10H8N2O3S. The van der Waals surface area contributed by atoms with Gasteiger partial charge in [-0.15, -0.1) is 11.3 Å². The average Bonchev–Trinajstić information content (AvgIpc) is 2.76. The zero-order valence-electron chi connectivity index (χ0n) is 8.16. The number of hydrogen-bond donors (Lipinski definition) is 1. The van der Waals surface area contributed by atoms with Crippen LogP contribution in [0.25, 0.3) is 0 Å². The molecule has 2 aromatic heterocycles. The van der Waals surface area contributed by atoms with Crippen molar-refractivity contribution in [2.45, 2.75) is 6.61 Å². The first kappa shape index (κ1) is 10.6. The number of aromatic carboxylic acids is 1. The standard InChI is InChI=1S/C10H8N2O3S/c13-10(14)9-8(16-6-12-9)5-15-7-2-1-3-11-4-7/h1-4,6H,5H2,(H,13,14). The molecule has 16 heavy (non-hydrogen) atoms. The molecule has 0 radical (unpaired) electrons. The molecule has 1 N–H and O–H groups in total. The number of pyridine rings is 1. The number of hydrogen-bond acceptors (Lipinski definition) is 5. The van der Waals surface area contributed by atoms with E-state index >= 15 is 0 Å². The summed E-state index contributed by atoms with van der Waals surface area (Å²) >= 11 is 1.26. The van der Waals surface area contributed by atoms with Gasteiger partial charge in [0.15, 0.2) is 5.69 Å². The maximum absolute atomic E-state index is 10.8. The van der Waals surface area contributed by atoms with Crippen LogP contribution in [0.5, 0.6) is 5.75 Å². The smallest absolute Gasteiger partial charge is 0.355 e. The Bertz CT molecular complexity index is 484. The molecule has 0 aliphatic heterocycles. The SMILES string of the molecule is O=C(O)c1ncsc1COc1cccnc1. The molecule has 0 amide bonds. The molecule has 0 fully saturated rings. The fourth-order valence-electron chi connectivity index (χ4n) is 1.13. The van der Waals surface area contributed by atoms with Gasteiger partial charge >= 0.3 is 5.97 Å². The number of rotatable bonds is 4. The first-order valence-electron chi connectivity index (χ1n) is 4.46. The number of aromatic nitrogens is 2. The molecule has 5 nitrogen and oxygen atoms in total. The monoisotopic (exact) mass is 236 g/mol. The van der Waals surface area contributed by atoms with Crippen LogP contribution in [0, 0.1) is 0 Å². The van der Waals surface area contributed by atoms with Crippen molar-refractivity contribution in [3.8, 4) is 5.75 Å². The van der Waals surface area contributed by atoms with Gasteiger partial charge in [-0.05, 0) is 12.1 Å². The van der Waals surface area contributed by atoms with E-state index in [0.29, 0.717) is 10.6 Å². The lowest BCUT2D eigenvalue weighted by Crippen LogP contribution is -2.03. The number of thiazole rings is 1. The van der Waals surface area contributed by atoms with Gasteiger partial charge in [-0.2, -0.15) is 0 Å². The Morgan fingerprint density at radius 2 is 2.44 bits per heavy atom. The normalized spacial score (nSPS) is 10.0. The second kappa shape index (κ2) is 4.71. The maximum Gasteiger partial charge on any atom is 0.355 e. The van der Waals surface area contributed by atoms with Crippen LogP contribution >= 0.6 is 11.3 Å². The van der Waals surface area contributed by atoms with E-state index in [1.54, 1.807) is 24.5 Å². The Morgan fingerprint density at radius 1 is 1.56 bits per heavy atom. The van der Waals surface area contributed by atoms with Crippen LogP contribution in [-0.2, 0) is 6.61 Å². The van der Waals surface area contributed by atoms with Crippen LogP contribution in [0.15, 0.2) is 30.0 Å². The fourth-order valence-corrected chi connectivity index (χ4v) is 1.79. The fraction of sp³-hybridized carbons (Fsp3) is 0.100. The third kappa shape index (κ3) is 2.34. The highest BCUT2D eigenvalue weighted by molar-refractivity contribution is 7.09. The van der Waals surface area contributed by atoms with Gasteiger partial charge in [0.2, 0.25) is 0 Å². The van der Waals surface area contributed by atoms with Gasteiger partial charge < -0.3 is 9.84 Å². The van der Waals surface area contributed by atoms with E-state index in [1.807, 2.05) is 0 Å². The lowest BCUT2D eigenvalue weighted by molar-refractivity contribution is 0.0688. The molecule has 0 unspecified atom stereocenters. The summed E-state index contributed by atoms with van der Waals surface area (Å²) in [6.45, 7) is 0.192. The van der Waals surface area contributed by atoms with E-state index in [-0.39, 0.29) is 12.3 Å². The minimum Gasteiger partial charge on any atom is -0.486 e. The molecule has 0 atom stereocenters. The largest absolute Gasteiger partial charge is 0.486 e. The van der Waals surface area contributed by atoms with Crippen molar-refractivity contribution in [3.63, 3.8) is 0 Å². The van der Waals surface area contributed by atoms with Gasteiger partial charge in [-0.3, -0.25) is 4.98 Å². The van der Waals surface area contributed by atoms with Gasteiger partial charge in [0, 0.05) is 6.20 Å². The van der Waals surface area contributed by atoms with Crippen molar-refractivity contribution in [2.24, 2.45) is 0 Å². The molecule has 2 aromatic rings. The average molecular weight is 236 g/mol. The van der Waals surface area contributed by atoms with Crippen molar-refractivity contribution in [3.05, 3.63) is 40.6 Å². The minimum absolute atomic E-state index is 0.0499. The topological polar surface area (TPSA) is 72.3 Å². The summed E-state index contributed by atoms with van der Waals surface area (Å²) < 4.78 is 5.39. The lowest BCUT2D eigenvalue weighted by Gasteiger charge is -2.03. The predicted octanol–water partition coefficient (Wildman–Crippen LogP) is 1.82. The first-order valence-corrected chi connectivity index (χ1v) is 5.34. The molecule has 2 heterocycles. The molecule has 0 aliphatic carbocycles. The number of nitrogens with zero attached hydrogens (tertiary/aromatic N) is 2. The second-order valence-electron chi connectivity index (χ2n) is 2.91. The highest BCUT2D eigenvalue weighted by Gasteiger charge is 2.13. The number of ether oxygens (including phenoxy) is 1. The summed E-state index contributed by atoms with van der Waals surface area (Å²) in [6.07, 6.45) is 3.21. The number of carboxylic acids is 1. The van der Waals surface area contributed by atoms with Crippen molar-refractivity contribution in [2.75, 3.05) is 0 Å². The van der Waals surface area contributed by atoms with Gasteiger partial charge in [-0.25, -0.2) is 9.78 Å². The van der Waals surface area contributed by atoms with Crippen molar-refractivity contribution < 1.29 is 14.6 Å². The Hall–Kier alpha value is -1.95. The van der Waals surface area contributed by atoms with Gasteiger partial charge in [-0.1, -0.05) is 0 Å². The summed E-state index contributed by atoms with van der Waals surface area (Å²) in [7, 11) is 0. The molecule has 82 valence electrons. The molecule has 0 aliphatic rings. The molecule has 6 heteroatoms. The number of carbonyl (C=O) groups is 1. The minimum atomic E-state index is -1.04. The third-order valence-electron chi connectivity index (χ3n) is 1.85. The van der Waals surface area contributed by atoms with E-state index in [0.717, 1.165) is 0 Å². The Kier molecular flexibility index (Phi) is 3.11. The summed E-state index contributed by atoms with van der Waals surface area (Å²) in [5.74, 6) is -0.432. The highest BCUT2D eigenvalue weighted by atomic mass is 32.1. The Morgan fingerprint density at radius 3 is 3.12 bits per heavy atom. The van der Waals surface area contributed by atoms with Crippen LogP contribution < -0.4 is 4.74 Å². The predicted molar refractivity (Wildman–Crippen MR) is 57.6 cm³/mol. The molecule has 0 saturated heterocycles. The maximum atomic E-state index is 10.8. The number of carboxylic acid groups (broad SMARTS) is 1. The molecule has 0 bridgehead atoms. The summed E-state index contributed by atoms with van der Waals surface area (Å²) in [4.78, 5) is 19.0.